The zero-order chi connectivity index (χ0) is 10.1. The van der Waals surface area contributed by atoms with Gasteiger partial charge in [-0.3, -0.25) is 0 Å². The van der Waals surface area contributed by atoms with Gasteiger partial charge in [-0.2, -0.15) is 0 Å². The summed E-state index contributed by atoms with van der Waals surface area (Å²) in [6.07, 6.45) is 2.91. The summed E-state index contributed by atoms with van der Waals surface area (Å²) in [5.74, 6) is 0.746. The number of β-amino-alcohol motifs (C(OH)–C–C–N with tert-alkyl or cyclic N) is 1. The Labute approximate surface area is 86.6 Å². The highest BCUT2D eigenvalue weighted by Crippen LogP contribution is 2.16. The smallest absolute Gasteiger partial charge is 0.147 e. The molecule has 74 valence electrons. The van der Waals surface area contributed by atoms with Crippen LogP contribution in [-0.2, 0) is 0 Å². The van der Waals surface area contributed by atoms with Crippen molar-refractivity contribution in [1.82, 2.24) is 9.97 Å². The molecule has 0 amide bonds. The number of thiocarbonyl (C=S) groups is 1. The molecular formula is C8H10N4OS. The van der Waals surface area contributed by atoms with Gasteiger partial charge in [0.1, 0.15) is 16.5 Å². The van der Waals surface area contributed by atoms with Crippen molar-refractivity contribution in [3.05, 3.63) is 18.1 Å². The minimum Gasteiger partial charge on any atom is -0.389 e. The quantitative estimate of drug-likeness (QED) is 0.628. The van der Waals surface area contributed by atoms with Gasteiger partial charge in [-0.25, -0.2) is 9.97 Å². The van der Waals surface area contributed by atoms with Gasteiger partial charge in [0, 0.05) is 13.1 Å². The number of anilines is 1. The lowest BCUT2D eigenvalue weighted by atomic mass is 10.2. The molecule has 1 aromatic rings. The Hall–Kier alpha value is -1.27. The highest BCUT2D eigenvalue weighted by Gasteiger charge is 2.25. The molecule has 5 nitrogen and oxygen atoms in total. The Bertz CT molecular complexity index is 347. The fourth-order valence-electron chi connectivity index (χ4n) is 1.25. The number of aliphatic hydroxyl groups excluding tert-OH is 1. The Balaban J connectivity index is 2.10. The van der Waals surface area contributed by atoms with E-state index in [0.29, 0.717) is 18.8 Å². The van der Waals surface area contributed by atoms with Crippen LogP contribution in [-0.4, -0.2) is 39.3 Å². The van der Waals surface area contributed by atoms with Crippen LogP contribution in [0.4, 0.5) is 5.82 Å². The summed E-state index contributed by atoms with van der Waals surface area (Å²) >= 11 is 4.75. The molecule has 2 heterocycles. The normalized spacial score (nSPS) is 16.5. The molecule has 0 saturated carbocycles. The molecule has 1 saturated heterocycles. The van der Waals surface area contributed by atoms with Gasteiger partial charge < -0.3 is 15.7 Å². The molecule has 14 heavy (non-hydrogen) atoms. The van der Waals surface area contributed by atoms with Crippen molar-refractivity contribution >= 4 is 23.0 Å². The summed E-state index contributed by atoms with van der Waals surface area (Å²) in [7, 11) is 0. The van der Waals surface area contributed by atoms with E-state index in [4.69, 9.17) is 23.1 Å². The molecule has 2 rings (SSSR count). The summed E-state index contributed by atoms with van der Waals surface area (Å²) in [6.45, 7) is 1.22. The van der Waals surface area contributed by atoms with E-state index in [9.17, 15) is 0 Å². The number of hydrogen-bond acceptors (Lipinski definition) is 5. The van der Waals surface area contributed by atoms with Gasteiger partial charge in [-0.15, -0.1) is 0 Å². The van der Waals surface area contributed by atoms with Crippen molar-refractivity contribution in [2.24, 2.45) is 5.73 Å². The molecule has 0 bridgehead atoms. The third-order valence-corrected chi connectivity index (χ3v) is 2.29. The van der Waals surface area contributed by atoms with E-state index in [0.717, 1.165) is 5.82 Å². The first-order valence-electron chi connectivity index (χ1n) is 4.21. The highest BCUT2D eigenvalue weighted by molar-refractivity contribution is 7.80. The van der Waals surface area contributed by atoms with Crippen LogP contribution in [0.3, 0.4) is 0 Å². The van der Waals surface area contributed by atoms with E-state index in [1.165, 1.54) is 0 Å². The molecule has 1 aliphatic heterocycles. The molecule has 0 atom stereocenters. The number of aliphatic hydroxyl groups is 1. The van der Waals surface area contributed by atoms with Crippen molar-refractivity contribution < 1.29 is 5.11 Å². The van der Waals surface area contributed by atoms with Gasteiger partial charge in [0.15, 0.2) is 0 Å². The summed E-state index contributed by atoms with van der Waals surface area (Å²) < 4.78 is 0. The van der Waals surface area contributed by atoms with E-state index >= 15 is 0 Å². The van der Waals surface area contributed by atoms with Crippen LogP contribution in [0, 0.1) is 0 Å². The first-order chi connectivity index (χ1) is 6.66. The lowest BCUT2D eigenvalue weighted by Gasteiger charge is -2.36. The lowest BCUT2D eigenvalue weighted by molar-refractivity contribution is 0.141. The molecule has 6 heteroatoms. The molecule has 0 aromatic carbocycles. The monoisotopic (exact) mass is 210 g/mol. The van der Waals surface area contributed by atoms with Crippen LogP contribution >= 0.6 is 12.2 Å². The van der Waals surface area contributed by atoms with E-state index in [-0.39, 0.29) is 11.1 Å². The molecule has 1 fully saturated rings. The van der Waals surface area contributed by atoms with Crippen molar-refractivity contribution in [2.75, 3.05) is 18.0 Å². The van der Waals surface area contributed by atoms with Gasteiger partial charge in [-0.05, 0) is 0 Å². The first kappa shape index (κ1) is 9.29. The zero-order valence-electron chi connectivity index (χ0n) is 7.42. The second-order valence-corrected chi connectivity index (χ2v) is 3.62. The molecule has 1 aliphatic rings. The van der Waals surface area contributed by atoms with Crippen molar-refractivity contribution in [3.63, 3.8) is 0 Å². The number of aromatic nitrogens is 2. The SMILES string of the molecule is NC(=S)c1cnc(N2CC(O)C2)cn1. The average molecular weight is 210 g/mol. The van der Waals surface area contributed by atoms with Gasteiger partial charge in [0.2, 0.25) is 0 Å². The van der Waals surface area contributed by atoms with Crippen LogP contribution in [0.15, 0.2) is 12.4 Å². The second-order valence-electron chi connectivity index (χ2n) is 3.18. The van der Waals surface area contributed by atoms with E-state index in [1.807, 2.05) is 4.90 Å². The number of nitrogens with two attached hydrogens (primary N) is 1. The fraction of sp³-hybridized carbons (Fsp3) is 0.375. The number of rotatable bonds is 2. The van der Waals surface area contributed by atoms with Gasteiger partial charge >= 0.3 is 0 Å². The average Bonchev–Trinajstić information content (AvgIpc) is 2.13. The molecular weight excluding hydrogens is 200 g/mol. The van der Waals surface area contributed by atoms with E-state index < -0.39 is 0 Å². The maximum absolute atomic E-state index is 9.09. The predicted octanol–water partition coefficient (Wildman–Crippen LogP) is -0.708. The van der Waals surface area contributed by atoms with Crippen LogP contribution < -0.4 is 10.6 Å². The van der Waals surface area contributed by atoms with Crippen LogP contribution in [0.2, 0.25) is 0 Å². The second kappa shape index (κ2) is 3.47. The molecule has 0 aliphatic carbocycles. The third kappa shape index (κ3) is 1.66. The topological polar surface area (TPSA) is 75.3 Å². The highest BCUT2D eigenvalue weighted by atomic mass is 32.1. The molecule has 3 N–H and O–H groups in total. The third-order valence-electron chi connectivity index (χ3n) is 2.08. The molecule has 0 unspecified atom stereocenters. The van der Waals surface area contributed by atoms with Gasteiger partial charge in [0.25, 0.3) is 0 Å². The maximum atomic E-state index is 9.09. The number of nitrogens with zero attached hydrogens (tertiary/aromatic N) is 3. The Morgan fingerprint density at radius 2 is 2.21 bits per heavy atom. The summed E-state index contributed by atoms with van der Waals surface area (Å²) in [5, 5.41) is 9.09. The van der Waals surface area contributed by atoms with E-state index in [1.54, 1.807) is 12.4 Å². The van der Waals surface area contributed by atoms with Crippen molar-refractivity contribution in [2.45, 2.75) is 6.10 Å². The molecule has 0 spiro atoms. The minimum absolute atomic E-state index is 0.243. The van der Waals surface area contributed by atoms with Gasteiger partial charge in [-0.1, -0.05) is 12.2 Å². The largest absolute Gasteiger partial charge is 0.389 e. The molecule has 0 radical (unpaired) electrons. The Kier molecular flexibility index (Phi) is 2.30. The maximum Gasteiger partial charge on any atom is 0.147 e. The van der Waals surface area contributed by atoms with Crippen LogP contribution in [0.25, 0.3) is 0 Å². The zero-order valence-corrected chi connectivity index (χ0v) is 8.24. The van der Waals surface area contributed by atoms with Crippen LogP contribution in [0.1, 0.15) is 5.69 Å². The fourth-order valence-corrected chi connectivity index (χ4v) is 1.36. The van der Waals surface area contributed by atoms with Gasteiger partial charge in [0.05, 0.1) is 18.5 Å². The predicted molar refractivity (Wildman–Crippen MR) is 56.1 cm³/mol. The van der Waals surface area contributed by atoms with Crippen LogP contribution in [0.5, 0.6) is 0 Å². The van der Waals surface area contributed by atoms with E-state index in [2.05, 4.69) is 9.97 Å². The first-order valence-corrected chi connectivity index (χ1v) is 4.62. The Morgan fingerprint density at radius 3 is 2.64 bits per heavy atom. The van der Waals surface area contributed by atoms with Crippen molar-refractivity contribution in [1.29, 1.82) is 0 Å². The number of hydrogen-bond donors (Lipinski definition) is 2. The van der Waals surface area contributed by atoms with Crippen molar-refractivity contribution in [3.8, 4) is 0 Å². The summed E-state index contributed by atoms with van der Waals surface area (Å²) in [4.78, 5) is 10.4. The lowest BCUT2D eigenvalue weighted by Crippen LogP contribution is -2.51. The molecule has 1 aromatic heterocycles. The summed E-state index contributed by atoms with van der Waals surface area (Å²) in [5.41, 5.74) is 5.90. The minimum atomic E-state index is -0.243. The standard InChI is InChI=1S/C8H10N4OS/c9-8(14)6-1-11-7(2-10-6)12-3-5(13)4-12/h1-2,5,13H,3-4H2,(H2,9,14). The Morgan fingerprint density at radius 1 is 1.50 bits per heavy atom. The summed E-state index contributed by atoms with van der Waals surface area (Å²) in [6, 6.07) is 0.